The van der Waals surface area contributed by atoms with Crippen molar-refractivity contribution in [1.82, 2.24) is 47.4 Å². The zero-order valence-electron chi connectivity index (χ0n) is 49.4. The predicted molar refractivity (Wildman–Crippen MR) is 285 cm³/mol. The Morgan fingerprint density at radius 3 is 1.48 bits per heavy atom. The number of aliphatic hydroxyl groups excluding tert-OH is 6. The molecule has 0 aromatic carbocycles. The van der Waals surface area contributed by atoms with Gasteiger partial charge in [-0.15, -0.1) is 0 Å². The molecule has 17 N–H and O–H groups in total. The van der Waals surface area contributed by atoms with E-state index in [0.717, 1.165) is 6.92 Å². The highest BCUT2D eigenvalue weighted by molar-refractivity contribution is 5.98. The topological polar surface area (TPSA) is 479 Å². The van der Waals surface area contributed by atoms with Crippen LogP contribution in [-0.2, 0) is 66.9 Å². The fraction of sp³-hybridized carbons (Fsp3) is 0.808. The lowest BCUT2D eigenvalue weighted by atomic mass is 9.95. The molecular weight excluding hydrogens is 1100 g/mol. The monoisotopic (exact) mass is 1190 g/mol. The van der Waals surface area contributed by atoms with Gasteiger partial charge < -0.3 is 113 Å². The first-order chi connectivity index (χ1) is 38.6. The molecule has 0 saturated carbocycles. The Kier molecular flexibility index (Phi) is 27.5. The number of carboxylic acid groups (broad SMARTS) is 1. The van der Waals surface area contributed by atoms with Gasteiger partial charge in [-0.3, -0.25) is 43.2 Å². The fourth-order valence-electron chi connectivity index (χ4n) is 9.35. The number of carbonyl (C=O) groups excluding carboxylic acids is 10. The second-order valence-electron chi connectivity index (χ2n) is 22.8. The molecule has 9 amide bonds. The molecule has 3 fully saturated rings. The van der Waals surface area contributed by atoms with Crippen LogP contribution in [0.25, 0.3) is 0 Å². The quantitative estimate of drug-likeness (QED) is 0.0346. The fourth-order valence-corrected chi connectivity index (χ4v) is 9.35. The summed E-state index contributed by atoms with van der Waals surface area (Å²) in [4.78, 5) is 134. The van der Waals surface area contributed by atoms with Gasteiger partial charge in [0.1, 0.15) is 97.2 Å². The van der Waals surface area contributed by atoms with Crippen molar-refractivity contribution in [3.8, 4) is 0 Å². The van der Waals surface area contributed by atoms with Gasteiger partial charge in [-0.1, -0.05) is 55.4 Å². The van der Waals surface area contributed by atoms with Crippen molar-refractivity contribution in [1.29, 1.82) is 0 Å². The number of aliphatic hydroxyl groups is 6. The molecule has 3 aliphatic heterocycles. The SMILES string of the molecule is CC(=O)N[C@H]1[C@@H](O[C@H](C)[C@H]([NH3+])C(=O)N[C@H](C(=O)N2CCC[C@@H]2C(=O)N[C@@H](C)C(=O)N[C@@H](C)C(=O)N[C@H](C(=O)N[C@H](C(=O)N[C@H](C(=O)N[C@@H](C)C(=O)[O-])C(C)C)C(C)C)C(C)C)C(C)C)O[C@H](CO)[C@H](O)[C@@H]1O[C@@H]1O[C@H](CO)[C@H](O)[C@H](O)[C@H]1O. The number of rotatable bonds is 28. The normalized spacial score (nSPS) is 27.9. The molecule has 3 aliphatic rings. The minimum atomic E-state index is -1.92. The summed E-state index contributed by atoms with van der Waals surface area (Å²) in [6.45, 7) is 18.0. The second kappa shape index (κ2) is 32.0. The molecule has 3 saturated heterocycles. The molecule has 0 aromatic heterocycles. The van der Waals surface area contributed by atoms with Gasteiger partial charge in [-0.05, 0) is 64.2 Å². The Labute approximate surface area is 481 Å². The molecule has 20 atom stereocenters. The van der Waals surface area contributed by atoms with E-state index in [-0.39, 0.29) is 13.0 Å². The zero-order valence-corrected chi connectivity index (χ0v) is 49.4. The molecule has 0 bridgehead atoms. The van der Waals surface area contributed by atoms with Gasteiger partial charge in [-0.2, -0.15) is 0 Å². The van der Waals surface area contributed by atoms with Gasteiger partial charge >= 0.3 is 0 Å². The molecule has 31 nitrogen and oxygen atoms in total. The summed E-state index contributed by atoms with van der Waals surface area (Å²) in [5, 5.41) is 93.9. The number of amides is 9. The predicted octanol–water partition coefficient (Wildman–Crippen LogP) is -8.41. The van der Waals surface area contributed by atoms with E-state index in [0.29, 0.717) is 6.42 Å². The highest BCUT2D eigenvalue weighted by atomic mass is 16.7. The smallest absolute Gasteiger partial charge is 0.281 e. The number of likely N-dealkylation sites (tertiary alicyclic amines) is 1. The number of hydrogen-bond donors (Lipinski definition) is 15. The minimum absolute atomic E-state index is 0.101. The third-order valence-corrected chi connectivity index (χ3v) is 14.6. The van der Waals surface area contributed by atoms with E-state index < -0.39 is 218 Å². The van der Waals surface area contributed by atoms with Crippen molar-refractivity contribution in [2.24, 2.45) is 23.7 Å². The summed E-state index contributed by atoms with van der Waals surface area (Å²) >= 11 is 0. The zero-order chi connectivity index (χ0) is 63.2. The van der Waals surface area contributed by atoms with Crippen LogP contribution in [-0.4, -0.2) is 236 Å². The molecule has 3 heterocycles. The van der Waals surface area contributed by atoms with Crippen molar-refractivity contribution < 1.29 is 108 Å². The Balaban J connectivity index is 1.66. The largest absolute Gasteiger partial charge is 0.548 e. The molecule has 0 unspecified atom stereocenters. The molecule has 0 aromatic rings. The number of nitrogens with zero attached hydrogens (tertiary/aromatic N) is 1. The number of carbonyl (C=O) groups is 10. The molecule has 3 rings (SSSR count). The van der Waals surface area contributed by atoms with Gasteiger partial charge in [0.05, 0.1) is 25.2 Å². The third-order valence-electron chi connectivity index (χ3n) is 14.6. The number of carboxylic acids is 1. The van der Waals surface area contributed by atoms with Crippen LogP contribution in [0.2, 0.25) is 0 Å². The van der Waals surface area contributed by atoms with E-state index in [4.69, 9.17) is 18.9 Å². The van der Waals surface area contributed by atoms with Crippen LogP contribution in [0.3, 0.4) is 0 Å². The summed E-state index contributed by atoms with van der Waals surface area (Å²) in [6, 6.07) is -12.6. The number of hydrogen-bond acceptors (Lipinski definition) is 21. The molecule has 0 spiro atoms. The van der Waals surface area contributed by atoms with Crippen molar-refractivity contribution in [3.63, 3.8) is 0 Å². The van der Waals surface area contributed by atoms with Crippen molar-refractivity contribution in [3.05, 3.63) is 0 Å². The summed E-state index contributed by atoms with van der Waals surface area (Å²) in [5.74, 6) is -10.4. The number of ether oxygens (including phenoxy) is 4. The molecule has 83 heavy (non-hydrogen) atoms. The van der Waals surface area contributed by atoms with E-state index in [1.165, 1.54) is 32.6 Å². The average Bonchev–Trinajstić information content (AvgIpc) is 3.79. The van der Waals surface area contributed by atoms with E-state index in [1.807, 2.05) is 0 Å². The van der Waals surface area contributed by atoms with E-state index in [9.17, 15) is 83.7 Å². The Bertz CT molecular complexity index is 2260. The van der Waals surface area contributed by atoms with Crippen LogP contribution >= 0.6 is 0 Å². The minimum Gasteiger partial charge on any atom is -0.548 e. The first kappa shape index (κ1) is 71.5. The Morgan fingerprint density at radius 2 is 1.00 bits per heavy atom. The summed E-state index contributed by atoms with van der Waals surface area (Å²) in [6.07, 6.45) is -15.8. The maximum Gasteiger partial charge on any atom is 0.281 e. The summed E-state index contributed by atoms with van der Waals surface area (Å²) in [5.41, 5.74) is 3.92. The molecule has 474 valence electrons. The average molecular weight is 1190 g/mol. The number of aliphatic carboxylic acids is 1. The van der Waals surface area contributed by atoms with Gasteiger partial charge in [0.15, 0.2) is 18.6 Å². The van der Waals surface area contributed by atoms with Crippen LogP contribution in [0.4, 0.5) is 0 Å². The van der Waals surface area contributed by atoms with Gasteiger partial charge in [-0.25, -0.2) is 0 Å². The Morgan fingerprint density at radius 1 is 0.566 bits per heavy atom. The van der Waals surface area contributed by atoms with Gasteiger partial charge in [0, 0.05) is 13.5 Å². The van der Waals surface area contributed by atoms with Crippen LogP contribution < -0.4 is 53.4 Å². The van der Waals surface area contributed by atoms with E-state index in [1.54, 1.807) is 55.4 Å². The van der Waals surface area contributed by atoms with Crippen molar-refractivity contribution >= 4 is 59.1 Å². The molecule has 0 aliphatic carbocycles. The number of quaternary nitrogens is 1. The Hall–Kier alpha value is -5.74. The molecule has 0 radical (unpaired) electrons. The highest BCUT2D eigenvalue weighted by Gasteiger charge is 2.53. The lowest BCUT2D eigenvalue weighted by molar-refractivity contribution is -0.431. The lowest BCUT2D eigenvalue weighted by Crippen LogP contribution is -2.75. The first-order valence-corrected chi connectivity index (χ1v) is 27.9. The lowest BCUT2D eigenvalue weighted by Gasteiger charge is -2.47. The summed E-state index contributed by atoms with van der Waals surface area (Å²) < 4.78 is 23.2. The number of nitrogens with one attached hydrogen (secondary N) is 8. The summed E-state index contributed by atoms with van der Waals surface area (Å²) in [7, 11) is 0. The van der Waals surface area contributed by atoms with Crippen LogP contribution in [0.5, 0.6) is 0 Å². The first-order valence-electron chi connectivity index (χ1n) is 27.9. The van der Waals surface area contributed by atoms with Crippen LogP contribution in [0.1, 0.15) is 103 Å². The van der Waals surface area contributed by atoms with E-state index >= 15 is 0 Å². The standard InChI is InChI=1S/C52H90N10O21/c1-19(2)32(46(74)56-25(11)50(78)79)59-48(76)34(21(5)6)60-47(75)33(20(3)4)58-43(71)24(10)54-42(70)23(9)55-44(72)28-15-14-16-62(28)49(77)35(22(7)8)61-45(73)31(53)26(12)80-51-36(57-27(13)65)41(38(67)30(18-64)81-51)83-52-40(69)39(68)37(66)29(17-63)82-52/h19-26,28-41,51-52,63-64,66-69H,14-18,53H2,1-13H3,(H,54,70)(H,55,72)(H,56,74)(H,57,65)(H,58,71)(H,59,76)(H,60,75)(H,61,73)(H,78,79)/t23-,24-,25-,26+,28+,29+,30+,31-,32-,33-,34-,35-,36+,37-,38-,39-,40+,41+,51-,52-/m0/s1. The van der Waals surface area contributed by atoms with Crippen molar-refractivity contribution in [2.75, 3.05) is 19.8 Å². The van der Waals surface area contributed by atoms with Crippen LogP contribution in [0.15, 0.2) is 0 Å². The van der Waals surface area contributed by atoms with E-state index in [2.05, 4.69) is 48.3 Å². The maximum absolute atomic E-state index is 14.3. The van der Waals surface area contributed by atoms with Crippen LogP contribution in [0, 0.1) is 23.7 Å². The maximum atomic E-state index is 14.3. The van der Waals surface area contributed by atoms with Crippen molar-refractivity contribution in [2.45, 2.75) is 225 Å². The van der Waals surface area contributed by atoms with Gasteiger partial charge in [0.25, 0.3) is 5.91 Å². The third kappa shape index (κ3) is 19.1. The highest BCUT2D eigenvalue weighted by Crippen LogP contribution is 2.31. The molecular formula is C52H90N10O21. The second-order valence-corrected chi connectivity index (χ2v) is 22.8. The molecule has 31 heteroatoms. The van der Waals surface area contributed by atoms with Gasteiger partial charge in [0.2, 0.25) is 47.3 Å².